The van der Waals surface area contributed by atoms with E-state index in [1.54, 1.807) is 36.4 Å². The summed E-state index contributed by atoms with van der Waals surface area (Å²) >= 11 is 0. The fraction of sp³-hybridized carbons (Fsp3) is 0.161. The van der Waals surface area contributed by atoms with Gasteiger partial charge in [-0.1, -0.05) is 60.7 Å². The molecule has 0 atom stereocenters. The van der Waals surface area contributed by atoms with E-state index in [9.17, 15) is 14.4 Å². The van der Waals surface area contributed by atoms with Gasteiger partial charge in [0.1, 0.15) is 11.3 Å². The Balaban J connectivity index is 1.52. The molecule has 42 heavy (non-hydrogen) atoms. The van der Waals surface area contributed by atoms with Gasteiger partial charge in [0.15, 0.2) is 5.76 Å². The fourth-order valence-electron chi connectivity index (χ4n) is 5.23. The van der Waals surface area contributed by atoms with Crippen molar-refractivity contribution in [2.24, 2.45) is 0 Å². The van der Waals surface area contributed by atoms with Gasteiger partial charge in [-0.25, -0.2) is 14.2 Å². The standard InChI is InChI=1S/C31H26FN5O5/c1-41-31(40)37(20-11-6-3-7-12-20)34-30(39)26-22-13-8-14-24(32)28(22)33-27(19-9-4-2-5-10-19)23(26)17-36-16-15-21-25(18-36)42-35-29(21)38/h2-14H,15-18H2,1H3,(H,34,39)(H,35,38). The third-order valence-electron chi connectivity index (χ3n) is 7.23. The minimum Gasteiger partial charge on any atom is -0.451 e. The van der Waals surface area contributed by atoms with Crippen LogP contribution in [0.5, 0.6) is 0 Å². The van der Waals surface area contributed by atoms with Gasteiger partial charge in [-0.3, -0.25) is 19.9 Å². The summed E-state index contributed by atoms with van der Waals surface area (Å²) in [6.07, 6.45) is -0.349. The number of carbonyl (C=O) groups is 2. The maximum atomic E-state index is 15.3. The minimum atomic E-state index is -0.810. The predicted molar refractivity (Wildman–Crippen MR) is 153 cm³/mol. The number of hydrogen-bond donors (Lipinski definition) is 2. The molecule has 6 rings (SSSR count). The van der Waals surface area contributed by atoms with Gasteiger partial charge in [-0.2, -0.15) is 10.2 Å². The number of hydrazine groups is 1. The van der Waals surface area contributed by atoms with Crippen LogP contribution in [0.25, 0.3) is 22.2 Å². The Morgan fingerprint density at radius 1 is 1.07 bits per heavy atom. The van der Waals surface area contributed by atoms with Gasteiger partial charge in [0.2, 0.25) is 0 Å². The number of nitrogens with zero attached hydrogens (tertiary/aromatic N) is 3. The van der Waals surface area contributed by atoms with Crippen molar-refractivity contribution in [2.75, 3.05) is 18.7 Å². The molecule has 1 aliphatic rings. The number of anilines is 1. The molecule has 1 aliphatic heterocycles. The number of fused-ring (bicyclic) bond motifs is 2. The van der Waals surface area contributed by atoms with Crippen LogP contribution >= 0.6 is 0 Å². The molecule has 2 aromatic heterocycles. The highest BCUT2D eigenvalue weighted by molar-refractivity contribution is 6.10. The number of aromatic amines is 1. The lowest BCUT2D eigenvalue weighted by Gasteiger charge is -2.28. The smallest absolute Gasteiger partial charge is 0.433 e. The summed E-state index contributed by atoms with van der Waals surface area (Å²) < 4.78 is 25.6. The van der Waals surface area contributed by atoms with E-state index in [-0.39, 0.29) is 28.6 Å². The molecular formula is C31H26FN5O5. The lowest BCUT2D eigenvalue weighted by molar-refractivity contribution is 0.0940. The first-order valence-corrected chi connectivity index (χ1v) is 13.3. The molecule has 0 saturated heterocycles. The average molecular weight is 568 g/mol. The zero-order chi connectivity index (χ0) is 29.2. The summed E-state index contributed by atoms with van der Waals surface area (Å²) in [5, 5.41) is 3.67. The molecule has 10 nitrogen and oxygen atoms in total. The molecule has 0 saturated carbocycles. The first-order valence-electron chi connectivity index (χ1n) is 13.3. The lowest BCUT2D eigenvalue weighted by atomic mass is 9.95. The molecule has 11 heteroatoms. The van der Waals surface area contributed by atoms with E-state index < -0.39 is 17.8 Å². The molecule has 2 amide bonds. The van der Waals surface area contributed by atoms with Crippen LogP contribution in [-0.2, 0) is 24.2 Å². The van der Waals surface area contributed by atoms with Gasteiger partial charge in [0.25, 0.3) is 11.5 Å². The molecule has 0 spiro atoms. The van der Waals surface area contributed by atoms with Crippen molar-refractivity contribution in [3.8, 4) is 11.3 Å². The monoisotopic (exact) mass is 567 g/mol. The highest BCUT2D eigenvalue weighted by Gasteiger charge is 2.29. The minimum absolute atomic E-state index is 0.0205. The van der Waals surface area contributed by atoms with Crippen LogP contribution in [0.15, 0.2) is 88.2 Å². The number of hydrogen-bond acceptors (Lipinski definition) is 7. The van der Waals surface area contributed by atoms with E-state index in [0.717, 1.165) is 5.01 Å². The summed E-state index contributed by atoms with van der Waals surface area (Å²) in [5.41, 5.74) is 5.21. The number of benzene rings is 3. The number of rotatable bonds is 5. The van der Waals surface area contributed by atoms with E-state index >= 15 is 4.39 Å². The van der Waals surface area contributed by atoms with Crippen molar-refractivity contribution in [1.82, 2.24) is 20.5 Å². The second-order valence-electron chi connectivity index (χ2n) is 9.79. The normalized spacial score (nSPS) is 13.0. The summed E-state index contributed by atoms with van der Waals surface area (Å²) in [4.78, 5) is 45.8. The maximum absolute atomic E-state index is 15.3. The number of para-hydroxylation sites is 2. The van der Waals surface area contributed by atoms with Crippen LogP contribution < -0.4 is 16.0 Å². The molecule has 2 N–H and O–H groups in total. The molecule has 5 aromatic rings. The number of halogens is 1. The molecule has 0 aliphatic carbocycles. The molecule has 3 aromatic carbocycles. The van der Waals surface area contributed by atoms with Crippen molar-refractivity contribution in [3.63, 3.8) is 0 Å². The summed E-state index contributed by atoms with van der Waals surface area (Å²) in [6.45, 7) is 1.07. The fourth-order valence-corrected chi connectivity index (χ4v) is 5.23. The van der Waals surface area contributed by atoms with Crippen LogP contribution in [0.1, 0.15) is 27.2 Å². The van der Waals surface area contributed by atoms with Crippen LogP contribution in [0.3, 0.4) is 0 Å². The Hall–Kier alpha value is -5.29. The number of amides is 2. The number of H-pyrrole nitrogens is 1. The van der Waals surface area contributed by atoms with Gasteiger partial charge in [-0.15, -0.1) is 0 Å². The molecule has 0 radical (unpaired) electrons. The number of ether oxygens (including phenoxy) is 1. The van der Waals surface area contributed by atoms with Crippen molar-refractivity contribution >= 4 is 28.6 Å². The number of aromatic nitrogens is 2. The van der Waals surface area contributed by atoms with Crippen LogP contribution in [0, 0.1) is 5.82 Å². The average Bonchev–Trinajstić information content (AvgIpc) is 3.39. The van der Waals surface area contributed by atoms with Gasteiger partial charge in [0.05, 0.1) is 36.2 Å². The number of pyridine rings is 1. The van der Waals surface area contributed by atoms with E-state index in [4.69, 9.17) is 14.2 Å². The maximum Gasteiger partial charge on any atom is 0.433 e. The van der Waals surface area contributed by atoms with E-state index in [1.807, 2.05) is 35.2 Å². The van der Waals surface area contributed by atoms with E-state index in [1.165, 1.54) is 19.2 Å². The SMILES string of the molecule is COC(=O)N(NC(=O)c1c(CN2CCc3c(o[nH]c3=O)C2)c(-c2ccccc2)nc2c(F)cccc12)c1ccccc1. The topological polar surface area (TPSA) is 121 Å². The predicted octanol–water partition coefficient (Wildman–Crippen LogP) is 4.80. The zero-order valence-electron chi connectivity index (χ0n) is 22.6. The summed E-state index contributed by atoms with van der Waals surface area (Å²) in [5.74, 6) is -0.713. The second kappa shape index (κ2) is 11.3. The summed E-state index contributed by atoms with van der Waals surface area (Å²) in [7, 11) is 1.21. The van der Waals surface area contributed by atoms with Gasteiger partial charge < -0.3 is 9.26 Å². The molecule has 0 fully saturated rings. The Bertz CT molecular complexity index is 1840. The Morgan fingerprint density at radius 2 is 1.81 bits per heavy atom. The van der Waals surface area contributed by atoms with Crippen molar-refractivity contribution in [2.45, 2.75) is 19.5 Å². The zero-order valence-corrected chi connectivity index (χ0v) is 22.6. The number of methoxy groups -OCH3 is 1. The molecule has 3 heterocycles. The van der Waals surface area contributed by atoms with Crippen LogP contribution in [0.4, 0.5) is 14.9 Å². The van der Waals surface area contributed by atoms with Crippen LogP contribution in [0.2, 0.25) is 0 Å². The third-order valence-corrected chi connectivity index (χ3v) is 7.23. The number of carbonyl (C=O) groups excluding carboxylic acids is 2. The van der Waals surface area contributed by atoms with Crippen molar-refractivity contribution < 1.29 is 23.2 Å². The first kappa shape index (κ1) is 26.9. The first-order chi connectivity index (χ1) is 20.4. The Labute approximate surface area is 239 Å². The van der Waals surface area contributed by atoms with E-state index in [0.29, 0.717) is 53.3 Å². The molecular weight excluding hydrogens is 541 g/mol. The van der Waals surface area contributed by atoms with Crippen molar-refractivity contribution in [1.29, 1.82) is 0 Å². The largest absolute Gasteiger partial charge is 0.451 e. The van der Waals surface area contributed by atoms with Gasteiger partial charge in [0, 0.05) is 29.6 Å². The van der Waals surface area contributed by atoms with Gasteiger partial charge >= 0.3 is 6.09 Å². The van der Waals surface area contributed by atoms with Crippen molar-refractivity contribution in [3.05, 3.63) is 117 Å². The molecule has 0 bridgehead atoms. The quantitative estimate of drug-likeness (QED) is 0.293. The van der Waals surface area contributed by atoms with Crippen LogP contribution in [-0.4, -0.2) is 40.7 Å². The number of nitrogens with one attached hydrogen (secondary N) is 2. The van der Waals surface area contributed by atoms with Gasteiger partial charge in [-0.05, 0) is 24.6 Å². The molecule has 0 unspecified atom stereocenters. The molecule has 212 valence electrons. The lowest BCUT2D eigenvalue weighted by Crippen LogP contribution is -2.47. The highest BCUT2D eigenvalue weighted by atomic mass is 19.1. The summed E-state index contributed by atoms with van der Waals surface area (Å²) in [6, 6.07) is 22.1. The Morgan fingerprint density at radius 3 is 2.55 bits per heavy atom. The third kappa shape index (κ3) is 5.01. The second-order valence-corrected chi connectivity index (χ2v) is 9.79. The van der Waals surface area contributed by atoms with E-state index in [2.05, 4.69) is 10.6 Å². The Kier molecular flexibility index (Phi) is 7.24. The highest BCUT2D eigenvalue weighted by Crippen LogP contribution is 2.33.